The molecule has 2 aromatic heterocycles. The van der Waals surface area contributed by atoms with Gasteiger partial charge < -0.3 is 19.3 Å². The first kappa shape index (κ1) is 14.6. The molecule has 2 heterocycles. The Hall–Kier alpha value is -1.76. The molecule has 0 aliphatic carbocycles. The Kier molecular flexibility index (Phi) is 4.84. The molecule has 0 amide bonds. The monoisotopic (exact) mass is 339 g/mol. The van der Waals surface area contributed by atoms with E-state index < -0.39 is 0 Å². The average molecular weight is 340 g/mol. The fourth-order valence-electron chi connectivity index (χ4n) is 1.92. The number of aliphatic imine (C=N–C) groups is 1. The Morgan fingerprint density at radius 2 is 2.40 bits per heavy atom. The predicted molar refractivity (Wildman–Crippen MR) is 81.3 cm³/mol. The molecule has 0 bridgehead atoms. The minimum atomic E-state index is 0.588. The maximum absolute atomic E-state index is 4.80. The van der Waals surface area contributed by atoms with E-state index in [0.717, 1.165) is 22.7 Å². The smallest absolute Gasteiger partial charge is 0.194 e. The van der Waals surface area contributed by atoms with E-state index in [1.807, 2.05) is 26.4 Å². The Bertz CT molecular complexity index is 576. The summed E-state index contributed by atoms with van der Waals surface area (Å²) in [5.41, 5.74) is 2.05. The van der Waals surface area contributed by atoms with Gasteiger partial charge in [0.15, 0.2) is 5.96 Å². The van der Waals surface area contributed by atoms with E-state index in [4.69, 9.17) is 4.52 Å². The van der Waals surface area contributed by atoms with Crippen LogP contribution >= 0.6 is 15.9 Å². The second-order valence-electron chi connectivity index (χ2n) is 4.51. The second-order valence-corrected chi connectivity index (χ2v) is 5.42. The molecule has 0 atom stereocenters. The Labute approximate surface area is 126 Å². The maximum Gasteiger partial charge on any atom is 0.194 e. The molecule has 7 heteroatoms. The third-order valence-electron chi connectivity index (χ3n) is 2.97. The van der Waals surface area contributed by atoms with Gasteiger partial charge in [-0.05, 0) is 22.0 Å². The van der Waals surface area contributed by atoms with E-state index in [1.54, 1.807) is 13.3 Å². The third kappa shape index (κ3) is 3.63. The van der Waals surface area contributed by atoms with E-state index >= 15 is 0 Å². The van der Waals surface area contributed by atoms with Gasteiger partial charge in [-0.25, -0.2) is 0 Å². The van der Waals surface area contributed by atoms with Gasteiger partial charge in [0.1, 0.15) is 12.0 Å². The topological polar surface area (TPSA) is 58.6 Å². The number of nitrogens with zero attached hydrogens (tertiary/aromatic N) is 4. The predicted octanol–water partition coefficient (Wildman–Crippen LogP) is 1.98. The number of aromatic nitrogens is 2. The number of guanidine groups is 1. The summed E-state index contributed by atoms with van der Waals surface area (Å²) in [5.74, 6) is 0.810. The highest BCUT2D eigenvalue weighted by Crippen LogP contribution is 2.14. The second kappa shape index (κ2) is 6.60. The van der Waals surface area contributed by atoms with Crippen molar-refractivity contribution in [1.82, 2.24) is 19.9 Å². The molecule has 2 aromatic rings. The van der Waals surface area contributed by atoms with Crippen LogP contribution in [0.3, 0.4) is 0 Å². The van der Waals surface area contributed by atoms with Crippen molar-refractivity contribution in [3.05, 3.63) is 40.5 Å². The molecule has 0 saturated carbocycles. The van der Waals surface area contributed by atoms with Crippen LogP contribution in [0.2, 0.25) is 0 Å². The number of hydrogen-bond donors (Lipinski definition) is 1. The molecule has 0 spiro atoms. The number of halogens is 1. The lowest BCUT2D eigenvalue weighted by Crippen LogP contribution is -2.38. The van der Waals surface area contributed by atoms with Crippen LogP contribution in [0.4, 0.5) is 0 Å². The maximum atomic E-state index is 4.80. The lowest BCUT2D eigenvalue weighted by Gasteiger charge is -2.22. The Morgan fingerprint density at radius 3 is 2.95 bits per heavy atom. The molecular weight excluding hydrogens is 322 g/mol. The highest BCUT2D eigenvalue weighted by Gasteiger charge is 2.10. The van der Waals surface area contributed by atoms with E-state index in [9.17, 15) is 0 Å². The van der Waals surface area contributed by atoms with Crippen LogP contribution in [0.15, 0.2) is 38.6 Å². The SMILES string of the molecule is CN=C(NCc1ccon1)N(C)Cc1cc(Br)cn1C. The molecular formula is C13H18BrN5O. The fraction of sp³-hybridized carbons (Fsp3) is 0.385. The lowest BCUT2D eigenvalue weighted by molar-refractivity contribution is 0.408. The minimum Gasteiger partial charge on any atom is -0.364 e. The van der Waals surface area contributed by atoms with Crippen LogP contribution in [0.1, 0.15) is 11.4 Å². The highest BCUT2D eigenvalue weighted by molar-refractivity contribution is 9.10. The van der Waals surface area contributed by atoms with Crippen LogP contribution < -0.4 is 5.32 Å². The van der Waals surface area contributed by atoms with E-state index in [2.05, 4.69) is 46.9 Å². The Balaban J connectivity index is 1.95. The zero-order chi connectivity index (χ0) is 14.5. The minimum absolute atomic E-state index is 0.588. The normalized spacial score (nSPS) is 11.7. The quantitative estimate of drug-likeness (QED) is 0.683. The summed E-state index contributed by atoms with van der Waals surface area (Å²) in [4.78, 5) is 6.33. The molecule has 1 N–H and O–H groups in total. The molecule has 20 heavy (non-hydrogen) atoms. The summed E-state index contributed by atoms with van der Waals surface area (Å²) in [7, 11) is 5.79. The standard InChI is InChI=1S/C13H18BrN5O/c1-15-13(16-7-11-4-5-20-17-11)19(3)9-12-6-10(14)8-18(12)2/h4-6,8H,7,9H2,1-3H3,(H,15,16). The first-order chi connectivity index (χ1) is 9.60. The van der Waals surface area contributed by atoms with Crippen molar-refractivity contribution in [3.8, 4) is 0 Å². The number of nitrogens with one attached hydrogen (secondary N) is 1. The summed E-state index contributed by atoms with van der Waals surface area (Å²) < 4.78 is 7.97. The van der Waals surface area contributed by atoms with Crippen LogP contribution in [0.25, 0.3) is 0 Å². The summed E-state index contributed by atoms with van der Waals surface area (Å²) in [6.45, 7) is 1.35. The van der Waals surface area contributed by atoms with Crippen molar-refractivity contribution in [2.24, 2.45) is 12.0 Å². The first-order valence-electron chi connectivity index (χ1n) is 6.22. The average Bonchev–Trinajstić information content (AvgIpc) is 3.01. The van der Waals surface area contributed by atoms with Gasteiger partial charge in [-0.3, -0.25) is 4.99 Å². The van der Waals surface area contributed by atoms with Crippen molar-refractivity contribution >= 4 is 21.9 Å². The van der Waals surface area contributed by atoms with Crippen molar-refractivity contribution in [2.75, 3.05) is 14.1 Å². The van der Waals surface area contributed by atoms with Gasteiger partial charge in [0.2, 0.25) is 0 Å². The van der Waals surface area contributed by atoms with Crippen LogP contribution in [-0.2, 0) is 20.1 Å². The highest BCUT2D eigenvalue weighted by atomic mass is 79.9. The molecule has 2 rings (SSSR count). The number of aryl methyl sites for hydroxylation is 1. The molecule has 0 radical (unpaired) electrons. The van der Waals surface area contributed by atoms with Crippen LogP contribution in [0, 0.1) is 0 Å². The third-order valence-corrected chi connectivity index (χ3v) is 3.40. The fourth-order valence-corrected chi connectivity index (χ4v) is 2.50. The van der Waals surface area contributed by atoms with Crippen molar-refractivity contribution in [2.45, 2.75) is 13.1 Å². The van der Waals surface area contributed by atoms with Gasteiger partial charge in [-0.15, -0.1) is 0 Å². The zero-order valence-corrected chi connectivity index (χ0v) is 13.4. The summed E-state index contributed by atoms with van der Waals surface area (Å²) >= 11 is 3.48. The van der Waals surface area contributed by atoms with Crippen molar-refractivity contribution in [1.29, 1.82) is 0 Å². The molecule has 6 nitrogen and oxygen atoms in total. The Morgan fingerprint density at radius 1 is 1.60 bits per heavy atom. The molecule has 0 aromatic carbocycles. The van der Waals surface area contributed by atoms with Gasteiger partial charge in [0.05, 0.1) is 13.1 Å². The first-order valence-corrected chi connectivity index (χ1v) is 7.01. The molecule has 0 aliphatic heterocycles. The number of rotatable bonds is 4. The summed E-state index contributed by atoms with van der Waals surface area (Å²) in [5, 5.41) is 7.11. The molecule has 0 aliphatic rings. The van der Waals surface area contributed by atoms with E-state index in [1.165, 1.54) is 5.69 Å². The van der Waals surface area contributed by atoms with Crippen molar-refractivity contribution in [3.63, 3.8) is 0 Å². The lowest BCUT2D eigenvalue weighted by atomic mass is 10.4. The molecule has 0 saturated heterocycles. The van der Waals surface area contributed by atoms with Crippen LogP contribution in [0.5, 0.6) is 0 Å². The van der Waals surface area contributed by atoms with E-state index in [-0.39, 0.29) is 0 Å². The van der Waals surface area contributed by atoms with Crippen LogP contribution in [-0.4, -0.2) is 34.7 Å². The van der Waals surface area contributed by atoms with E-state index in [0.29, 0.717) is 6.54 Å². The van der Waals surface area contributed by atoms with Gasteiger partial charge in [0, 0.05) is 43.6 Å². The largest absolute Gasteiger partial charge is 0.364 e. The zero-order valence-electron chi connectivity index (χ0n) is 11.8. The molecule has 108 valence electrons. The van der Waals surface area contributed by atoms with Gasteiger partial charge in [-0.1, -0.05) is 5.16 Å². The molecule has 0 unspecified atom stereocenters. The number of hydrogen-bond acceptors (Lipinski definition) is 3. The van der Waals surface area contributed by atoms with Gasteiger partial charge in [-0.2, -0.15) is 0 Å². The summed E-state index contributed by atoms with van der Waals surface area (Å²) in [6.07, 6.45) is 3.60. The van der Waals surface area contributed by atoms with Gasteiger partial charge in [0.25, 0.3) is 0 Å². The molecule has 0 fully saturated rings. The summed E-state index contributed by atoms with van der Waals surface area (Å²) in [6, 6.07) is 3.93. The van der Waals surface area contributed by atoms with Gasteiger partial charge >= 0.3 is 0 Å². The van der Waals surface area contributed by atoms with Crippen molar-refractivity contribution < 1.29 is 4.52 Å².